The van der Waals surface area contributed by atoms with Crippen LogP contribution in [0.1, 0.15) is 19.8 Å². The number of nitrogens with zero attached hydrogens (tertiary/aromatic N) is 1. The molecule has 1 nitrogen and oxygen atoms in total. The van der Waals surface area contributed by atoms with Crippen molar-refractivity contribution in [3.8, 4) is 0 Å². The van der Waals surface area contributed by atoms with Gasteiger partial charge in [-0.1, -0.05) is 19.1 Å². The monoisotopic (exact) mass is 143 g/mol. The van der Waals surface area contributed by atoms with Gasteiger partial charge in [0.05, 0.1) is 5.49 Å². The molecule has 1 heterocycles. The van der Waals surface area contributed by atoms with E-state index in [1.165, 1.54) is 25.9 Å². The molecule has 0 amide bonds. The molecule has 0 aromatic carbocycles. The molecule has 1 fully saturated rings. The molecule has 9 heavy (non-hydrogen) atoms. The summed E-state index contributed by atoms with van der Waals surface area (Å²) in [5.74, 6) is 0.913. The van der Waals surface area contributed by atoms with Gasteiger partial charge in [0, 0.05) is 13.1 Å². The van der Waals surface area contributed by atoms with E-state index in [4.69, 9.17) is 12.2 Å². The van der Waals surface area contributed by atoms with Crippen molar-refractivity contribution in [2.45, 2.75) is 19.8 Å². The molecule has 0 spiro atoms. The van der Waals surface area contributed by atoms with E-state index >= 15 is 0 Å². The second kappa shape index (κ2) is 3.16. The first-order valence-electron chi connectivity index (χ1n) is 3.52. The lowest BCUT2D eigenvalue weighted by Crippen LogP contribution is -2.30. The Hall–Kier alpha value is -0.110. The van der Waals surface area contributed by atoms with Crippen molar-refractivity contribution in [1.82, 2.24) is 4.90 Å². The first-order valence-corrected chi connectivity index (χ1v) is 3.99. The molecule has 1 rings (SSSR count). The fourth-order valence-corrected chi connectivity index (χ4v) is 1.34. The zero-order chi connectivity index (χ0) is 6.69. The molecule has 0 aromatic rings. The summed E-state index contributed by atoms with van der Waals surface area (Å²) in [7, 11) is 0. The molecule has 0 unspecified atom stereocenters. The lowest BCUT2D eigenvalue weighted by molar-refractivity contribution is 0.289. The Morgan fingerprint density at radius 3 is 2.44 bits per heavy atom. The molecule has 0 saturated carbocycles. The van der Waals surface area contributed by atoms with Gasteiger partial charge < -0.3 is 4.90 Å². The molecule has 0 bridgehead atoms. The summed E-state index contributed by atoms with van der Waals surface area (Å²) >= 11 is 4.81. The second-order valence-corrected chi connectivity index (χ2v) is 3.03. The van der Waals surface area contributed by atoms with E-state index < -0.39 is 0 Å². The SMILES string of the molecule is CC1CCN(C=S)CC1. The molecular weight excluding hydrogens is 130 g/mol. The lowest BCUT2D eigenvalue weighted by Gasteiger charge is -2.27. The normalized spacial score (nSPS) is 22.1. The Bertz CT molecular complexity index is 95.1. The van der Waals surface area contributed by atoms with Gasteiger partial charge >= 0.3 is 0 Å². The van der Waals surface area contributed by atoms with Gasteiger partial charge in [0.2, 0.25) is 0 Å². The van der Waals surface area contributed by atoms with E-state index in [9.17, 15) is 0 Å². The van der Waals surface area contributed by atoms with Crippen LogP contribution in [0.3, 0.4) is 0 Å². The van der Waals surface area contributed by atoms with Crippen LogP contribution in [-0.4, -0.2) is 23.5 Å². The average Bonchev–Trinajstić information content (AvgIpc) is 1.90. The van der Waals surface area contributed by atoms with Gasteiger partial charge in [-0.15, -0.1) is 0 Å². The molecule has 0 aliphatic carbocycles. The highest BCUT2D eigenvalue weighted by Crippen LogP contribution is 2.14. The largest absolute Gasteiger partial charge is 0.369 e. The van der Waals surface area contributed by atoms with Crippen molar-refractivity contribution < 1.29 is 0 Å². The van der Waals surface area contributed by atoms with Crippen LogP contribution in [0.2, 0.25) is 0 Å². The van der Waals surface area contributed by atoms with Gasteiger partial charge in [0.1, 0.15) is 0 Å². The highest BCUT2D eigenvalue weighted by Gasteiger charge is 2.11. The number of hydrogen-bond acceptors (Lipinski definition) is 1. The van der Waals surface area contributed by atoms with Crippen LogP contribution in [0.15, 0.2) is 0 Å². The van der Waals surface area contributed by atoms with E-state index in [0.717, 1.165) is 5.92 Å². The lowest BCUT2D eigenvalue weighted by atomic mass is 10.00. The van der Waals surface area contributed by atoms with Crippen LogP contribution < -0.4 is 0 Å². The minimum absolute atomic E-state index is 0.913. The number of thiocarbonyl (C=S) groups is 1. The molecule has 0 atom stereocenters. The minimum atomic E-state index is 0.913. The van der Waals surface area contributed by atoms with Crippen LogP contribution >= 0.6 is 12.2 Å². The van der Waals surface area contributed by atoms with Crippen molar-refractivity contribution in [2.24, 2.45) is 5.92 Å². The topological polar surface area (TPSA) is 3.24 Å². The van der Waals surface area contributed by atoms with Crippen molar-refractivity contribution in [2.75, 3.05) is 13.1 Å². The van der Waals surface area contributed by atoms with Crippen LogP contribution in [0.5, 0.6) is 0 Å². The number of likely N-dealkylation sites (tertiary alicyclic amines) is 1. The summed E-state index contributed by atoms with van der Waals surface area (Å²) in [5.41, 5.74) is 1.78. The molecule has 1 saturated heterocycles. The summed E-state index contributed by atoms with van der Waals surface area (Å²) in [6.45, 7) is 4.65. The first-order chi connectivity index (χ1) is 4.33. The van der Waals surface area contributed by atoms with Crippen LogP contribution in [-0.2, 0) is 0 Å². The second-order valence-electron chi connectivity index (χ2n) is 2.82. The van der Waals surface area contributed by atoms with Crippen LogP contribution in [0.25, 0.3) is 0 Å². The van der Waals surface area contributed by atoms with Gasteiger partial charge in [-0.25, -0.2) is 0 Å². The maximum absolute atomic E-state index is 4.81. The molecule has 1 aliphatic heterocycles. The zero-order valence-electron chi connectivity index (χ0n) is 5.84. The van der Waals surface area contributed by atoms with Crippen molar-refractivity contribution in [3.05, 3.63) is 0 Å². The molecule has 2 heteroatoms. The third-order valence-corrected chi connectivity index (χ3v) is 2.27. The van der Waals surface area contributed by atoms with E-state index in [2.05, 4.69) is 11.8 Å². The van der Waals surface area contributed by atoms with Crippen LogP contribution in [0, 0.1) is 5.92 Å². The average molecular weight is 143 g/mol. The highest BCUT2D eigenvalue weighted by atomic mass is 32.1. The van der Waals surface area contributed by atoms with Gasteiger partial charge in [-0.3, -0.25) is 0 Å². The third-order valence-electron chi connectivity index (χ3n) is 1.97. The Kier molecular flexibility index (Phi) is 2.46. The van der Waals surface area contributed by atoms with Gasteiger partial charge in [-0.2, -0.15) is 0 Å². The molecule has 0 N–H and O–H groups in total. The molecule has 0 aromatic heterocycles. The standard InChI is InChI=1S/C7H13NS/c1-7-2-4-8(6-9)5-3-7/h6-7H,2-5H2,1H3. The van der Waals surface area contributed by atoms with Crippen LogP contribution in [0.4, 0.5) is 0 Å². The molecule has 52 valence electrons. The number of hydrogen-bond donors (Lipinski definition) is 0. The molecular formula is C7H13NS. The van der Waals surface area contributed by atoms with Crippen molar-refractivity contribution in [3.63, 3.8) is 0 Å². The predicted molar refractivity (Wildman–Crippen MR) is 43.6 cm³/mol. The maximum atomic E-state index is 4.81. The van der Waals surface area contributed by atoms with E-state index in [-0.39, 0.29) is 0 Å². The highest BCUT2D eigenvalue weighted by molar-refractivity contribution is 7.78. The summed E-state index contributed by atoms with van der Waals surface area (Å²) in [6, 6.07) is 0. The Morgan fingerprint density at radius 2 is 2.00 bits per heavy atom. The Morgan fingerprint density at radius 1 is 1.44 bits per heavy atom. The summed E-state index contributed by atoms with van der Waals surface area (Å²) in [4.78, 5) is 2.22. The zero-order valence-corrected chi connectivity index (χ0v) is 6.66. The van der Waals surface area contributed by atoms with Gasteiger partial charge in [0.15, 0.2) is 0 Å². The Labute approximate surface area is 62.0 Å². The fourth-order valence-electron chi connectivity index (χ4n) is 1.13. The maximum Gasteiger partial charge on any atom is 0.0640 e. The predicted octanol–water partition coefficient (Wildman–Crippen LogP) is 1.68. The minimum Gasteiger partial charge on any atom is -0.369 e. The third kappa shape index (κ3) is 1.94. The molecule has 1 aliphatic rings. The first kappa shape index (κ1) is 7.00. The van der Waals surface area contributed by atoms with E-state index in [0.29, 0.717) is 0 Å². The summed E-state index contributed by atoms with van der Waals surface area (Å²) < 4.78 is 0. The fraction of sp³-hybridized carbons (Fsp3) is 0.857. The number of rotatable bonds is 1. The summed E-state index contributed by atoms with van der Waals surface area (Å²) in [5, 5.41) is 0. The quantitative estimate of drug-likeness (QED) is 0.514. The van der Waals surface area contributed by atoms with Crippen molar-refractivity contribution in [1.29, 1.82) is 0 Å². The van der Waals surface area contributed by atoms with E-state index in [1.807, 2.05) is 0 Å². The smallest absolute Gasteiger partial charge is 0.0640 e. The van der Waals surface area contributed by atoms with Gasteiger partial charge in [0.25, 0.3) is 0 Å². The summed E-state index contributed by atoms with van der Waals surface area (Å²) in [6.07, 6.45) is 2.63. The Balaban J connectivity index is 2.26. The number of piperidine rings is 1. The molecule has 0 radical (unpaired) electrons. The van der Waals surface area contributed by atoms with Gasteiger partial charge in [-0.05, 0) is 18.8 Å². The van der Waals surface area contributed by atoms with Crippen molar-refractivity contribution >= 4 is 17.7 Å². The van der Waals surface area contributed by atoms with E-state index in [1.54, 1.807) is 5.49 Å².